The molecule has 0 atom stereocenters. The molecule has 0 aliphatic rings. The van der Waals surface area contributed by atoms with E-state index >= 15 is 0 Å². The van der Waals surface area contributed by atoms with Gasteiger partial charge in [-0.1, -0.05) is 12.1 Å². The van der Waals surface area contributed by atoms with Crippen molar-refractivity contribution in [2.24, 2.45) is 0 Å². The van der Waals surface area contributed by atoms with Gasteiger partial charge in [0.1, 0.15) is 5.75 Å². The third-order valence-corrected chi connectivity index (χ3v) is 2.39. The summed E-state index contributed by atoms with van der Waals surface area (Å²) in [5, 5.41) is 9.10. The van der Waals surface area contributed by atoms with Gasteiger partial charge in [-0.25, -0.2) is 0 Å². The Morgan fingerprint density at radius 2 is 1.81 bits per heavy atom. The first kappa shape index (κ1) is 12.3. The molecule has 1 aromatic rings. The van der Waals surface area contributed by atoms with E-state index in [0.717, 1.165) is 18.7 Å². The molecule has 0 unspecified atom stereocenters. The van der Waals surface area contributed by atoms with Gasteiger partial charge in [0.2, 0.25) is 5.91 Å². The zero-order valence-electron chi connectivity index (χ0n) is 9.68. The van der Waals surface area contributed by atoms with E-state index in [1.165, 1.54) is 0 Å². The number of carbonyl (C=O) groups is 1. The highest BCUT2D eigenvalue weighted by Crippen LogP contribution is 2.10. The summed E-state index contributed by atoms with van der Waals surface area (Å²) in [7, 11) is 0. The first-order valence-corrected chi connectivity index (χ1v) is 5.43. The Morgan fingerprint density at radius 1 is 1.25 bits per heavy atom. The van der Waals surface area contributed by atoms with Gasteiger partial charge in [-0.3, -0.25) is 4.79 Å². The largest absolute Gasteiger partial charge is 0.508 e. The van der Waals surface area contributed by atoms with Crippen molar-refractivity contribution in [3.05, 3.63) is 35.9 Å². The second kappa shape index (κ2) is 5.95. The number of hydrogen-bond donors (Lipinski definition) is 1. The number of hydrogen-bond acceptors (Lipinski definition) is 2. The van der Waals surface area contributed by atoms with Gasteiger partial charge in [0.25, 0.3) is 0 Å². The molecule has 0 spiro atoms. The quantitative estimate of drug-likeness (QED) is 0.789. The Labute approximate surface area is 96.0 Å². The van der Waals surface area contributed by atoms with Gasteiger partial charge in [0.05, 0.1) is 0 Å². The molecule has 3 heteroatoms. The van der Waals surface area contributed by atoms with Crippen molar-refractivity contribution in [3.8, 4) is 5.75 Å². The van der Waals surface area contributed by atoms with Crippen LogP contribution < -0.4 is 0 Å². The number of phenols is 1. The molecule has 0 aliphatic heterocycles. The minimum absolute atomic E-state index is 0.0121. The molecule has 1 amide bonds. The van der Waals surface area contributed by atoms with Crippen LogP contribution >= 0.6 is 0 Å². The summed E-state index contributed by atoms with van der Waals surface area (Å²) in [6, 6.07) is 6.73. The van der Waals surface area contributed by atoms with Gasteiger partial charge >= 0.3 is 0 Å². The second-order valence-electron chi connectivity index (χ2n) is 3.44. The van der Waals surface area contributed by atoms with Crippen LogP contribution in [0.25, 0.3) is 6.08 Å². The third-order valence-electron chi connectivity index (χ3n) is 2.39. The molecule has 0 radical (unpaired) electrons. The summed E-state index contributed by atoms with van der Waals surface area (Å²) in [6.07, 6.45) is 3.31. The Hall–Kier alpha value is -1.77. The van der Waals surface area contributed by atoms with Gasteiger partial charge < -0.3 is 10.0 Å². The van der Waals surface area contributed by atoms with E-state index in [9.17, 15) is 4.79 Å². The zero-order chi connectivity index (χ0) is 12.0. The Bertz CT molecular complexity index is 364. The lowest BCUT2D eigenvalue weighted by atomic mass is 10.2. The van der Waals surface area contributed by atoms with Crippen LogP contribution in [-0.2, 0) is 4.79 Å². The topological polar surface area (TPSA) is 40.5 Å². The second-order valence-corrected chi connectivity index (χ2v) is 3.44. The SMILES string of the molecule is CCN(CC)C(=O)C=Cc1ccc(O)cc1. The number of amides is 1. The van der Waals surface area contributed by atoms with Crippen LogP contribution in [0.5, 0.6) is 5.75 Å². The van der Waals surface area contributed by atoms with Crippen molar-refractivity contribution < 1.29 is 9.90 Å². The van der Waals surface area contributed by atoms with Crippen molar-refractivity contribution in [2.75, 3.05) is 13.1 Å². The number of likely N-dealkylation sites (N-methyl/N-ethyl adjacent to an activating group) is 1. The van der Waals surface area contributed by atoms with Gasteiger partial charge in [0.15, 0.2) is 0 Å². The van der Waals surface area contributed by atoms with E-state index in [-0.39, 0.29) is 11.7 Å². The summed E-state index contributed by atoms with van der Waals surface area (Å²) >= 11 is 0. The van der Waals surface area contributed by atoms with E-state index in [1.54, 1.807) is 41.3 Å². The van der Waals surface area contributed by atoms with E-state index in [2.05, 4.69) is 0 Å². The van der Waals surface area contributed by atoms with Gasteiger partial charge in [0, 0.05) is 19.2 Å². The standard InChI is InChI=1S/C13H17NO2/c1-3-14(4-2)13(16)10-7-11-5-8-12(15)9-6-11/h5-10,15H,3-4H2,1-2H3. The lowest BCUT2D eigenvalue weighted by molar-refractivity contribution is -0.125. The van der Waals surface area contributed by atoms with Crippen molar-refractivity contribution >= 4 is 12.0 Å². The van der Waals surface area contributed by atoms with E-state index < -0.39 is 0 Å². The van der Waals surface area contributed by atoms with E-state index in [0.29, 0.717) is 0 Å². The molecule has 16 heavy (non-hydrogen) atoms. The molecule has 0 heterocycles. The molecule has 0 saturated carbocycles. The predicted molar refractivity (Wildman–Crippen MR) is 65.1 cm³/mol. The number of aromatic hydroxyl groups is 1. The summed E-state index contributed by atoms with van der Waals surface area (Å²) < 4.78 is 0. The lowest BCUT2D eigenvalue weighted by Gasteiger charge is -2.15. The van der Waals surface area contributed by atoms with Crippen LogP contribution in [0.2, 0.25) is 0 Å². The van der Waals surface area contributed by atoms with Crippen LogP contribution in [0.1, 0.15) is 19.4 Å². The number of benzene rings is 1. The summed E-state index contributed by atoms with van der Waals surface area (Å²) in [5.74, 6) is 0.241. The third kappa shape index (κ3) is 3.42. The molecule has 1 N–H and O–H groups in total. The van der Waals surface area contributed by atoms with Gasteiger partial charge in [-0.05, 0) is 37.6 Å². The first-order chi connectivity index (χ1) is 7.67. The number of phenolic OH excluding ortho intramolecular Hbond substituents is 1. The molecule has 3 nitrogen and oxygen atoms in total. The molecular formula is C13H17NO2. The zero-order valence-corrected chi connectivity index (χ0v) is 9.68. The predicted octanol–water partition coefficient (Wildman–Crippen LogP) is 2.27. The Morgan fingerprint density at radius 3 is 2.31 bits per heavy atom. The van der Waals surface area contributed by atoms with Crippen molar-refractivity contribution in [2.45, 2.75) is 13.8 Å². The fraction of sp³-hybridized carbons (Fsp3) is 0.308. The molecule has 1 rings (SSSR count). The molecule has 0 aliphatic carbocycles. The van der Waals surface area contributed by atoms with Gasteiger partial charge in [-0.15, -0.1) is 0 Å². The van der Waals surface area contributed by atoms with Crippen LogP contribution in [0.4, 0.5) is 0 Å². The van der Waals surface area contributed by atoms with Crippen molar-refractivity contribution in [3.63, 3.8) is 0 Å². The minimum atomic E-state index is 0.0121. The molecule has 0 fully saturated rings. The number of carbonyl (C=O) groups excluding carboxylic acids is 1. The molecule has 0 bridgehead atoms. The molecule has 86 valence electrons. The van der Waals surface area contributed by atoms with E-state index in [4.69, 9.17) is 5.11 Å². The lowest BCUT2D eigenvalue weighted by Crippen LogP contribution is -2.28. The highest BCUT2D eigenvalue weighted by molar-refractivity contribution is 5.91. The van der Waals surface area contributed by atoms with Crippen LogP contribution in [0.3, 0.4) is 0 Å². The minimum Gasteiger partial charge on any atom is -0.508 e. The monoisotopic (exact) mass is 219 g/mol. The van der Waals surface area contributed by atoms with Crippen LogP contribution in [0.15, 0.2) is 30.3 Å². The fourth-order valence-electron chi connectivity index (χ4n) is 1.39. The van der Waals surface area contributed by atoms with Crippen molar-refractivity contribution in [1.82, 2.24) is 4.90 Å². The number of rotatable bonds is 4. The van der Waals surface area contributed by atoms with Gasteiger partial charge in [-0.2, -0.15) is 0 Å². The van der Waals surface area contributed by atoms with Crippen LogP contribution in [0, 0.1) is 0 Å². The van der Waals surface area contributed by atoms with E-state index in [1.807, 2.05) is 13.8 Å². The Kier molecular flexibility index (Phi) is 4.58. The molecule has 0 aromatic heterocycles. The molecular weight excluding hydrogens is 202 g/mol. The number of nitrogens with zero attached hydrogens (tertiary/aromatic N) is 1. The maximum atomic E-state index is 11.6. The summed E-state index contributed by atoms with van der Waals surface area (Å²) in [5.41, 5.74) is 0.901. The maximum Gasteiger partial charge on any atom is 0.246 e. The Balaban J connectivity index is 2.66. The van der Waals surface area contributed by atoms with Crippen LogP contribution in [-0.4, -0.2) is 29.0 Å². The highest BCUT2D eigenvalue weighted by Gasteiger charge is 2.04. The molecule has 0 saturated heterocycles. The summed E-state index contributed by atoms with van der Waals surface area (Å²) in [4.78, 5) is 13.4. The van der Waals surface area contributed by atoms with Crippen molar-refractivity contribution in [1.29, 1.82) is 0 Å². The maximum absolute atomic E-state index is 11.6. The smallest absolute Gasteiger partial charge is 0.246 e. The average Bonchev–Trinajstić information content (AvgIpc) is 2.30. The first-order valence-electron chi connectivity index (χ1n) is 5.43. The molecule has 1 aromatic carbocycles. The average molecular weight is 219 g/mol. The fourth-order valence-corrected chi connectivity index (χ4v) is 1.39. The highest BCUT2D eigenvalue weighted by atomic mass is 16.3. The summed E-state index contributed by atoms with van der Waals surface area (Å²) in [6.45, 7) is 5.34. The normalized spacial score (nSPS) is 10.6.